The Labute approximate surface area is 195 Å². The van der Waals surface area contributed by atoms with Crippen molar-refractivity contribution in [3.8, 4) is 22.8 Å². The molecule has 0 spiro atoms. The first-order valence-electron chi connectivity index (χ1n) is 11.0. The van der Waals surface area contributed by atoms with E-state index in [0.29, 0.717) is 23.1 Å². The van der Waals surface area contributed by atoms with Crippen LogP contribution in [0.15, 0.2) is 54.9 Å². The molecule has 2 amide bonds. The van der Waals surface area contributed by atoms with Gasteiger partial charge in [-0.2, -0.15) is 11.8 Å². The van der Waals surface area contributed by atoms with E-state index >= 15 is 0 Å². The van der Waals surface area contributed by atoms with E-state index in [-0.39, 0.29) is 24.1 Å². The van der Waals surface area contributed by atoms with Gasteiger partial charge in [-0.3, -0.25) is 9.78 Å². The molecule has 5 rings (SSSR count). The van der Waals surface area contributed by atoms with Crippen molar-refractivity contribution in [3.63, 3.8) is 0 Å². The van der Waals surface area contributed by atoms with Gasteiger partial charge in [0.1, 0.15) is 11.4 Å². The summed E-state index contributed by atoms with van der Waals surface area (Å²) in [5.41, 5.74) is 2.25. The van der Waals surface area contributed by atoms with Crippen molar-refractivity contribution < 1.29 is 14.3 Å². The molecule has 0 radical (unpaired) electrons. The minimum Gasteiger partial charge on any atom is -0.427 e. The molecular weight excluding hydrogens is 440 g/mol. The van der Waals surface area contributed by atoms with Crippen LogP contribution in [0.3, 0.4) is 0 Å². The number of amides is 2. The first-order valence-corrected chi connectivity index (χ1v) is 12.0. The molecule has 170 valence electrons. The zero-order chi connectivity index (χ0) is 22.6. The van der Waals surface area contributed by atoms with E-state index < -0.39 is 0 Å². The number of pyridine rings is 1. The van der Waals surface area contributed by atoms with Crippen LogP contribution in [0.25, 0.3) is 17.1 Å². The third-order valence-electron chi connectivity index (χ3n) is 5.81. The van der Waals surface area contributed by atoms with Crippen LogP contribution in [-0.4, -0.2) is 55.1 Å². The van der Waals surface area contributed by atoms with E-state index in [2.05, 4.69) is 25.9 Å². The number of rotatable bonds is 8. The van der Waals surface area contributed by atoms with Gasteiger partial charge in [-0.1, -0.05) is 17.7 Å². The Hall–Kier alpha value is -3.40. The van der Waals surface area contributed by atoms with Crippen LogP contribution in [0.5, 0.6) is 5.75 Å². The highest BCUT2D eigenvalue weighted by Crippen LogP contribution is 2.33. The van der Waals surface area contributed by atoms with Gasteiger partial charge in [0, 0.05) is 23.6 Å². The van der Waals surface area contributed by atoms with Gasteiger partial charge in [-0.25, -0.2) is 9.48 Å². The molecule has 2 aliphatic heterocycles. The number of carbonyl (C=O) groups excluding carboxylic acids is 2. The van der Waals surface area contributed by atoms with E-state index in [9.17, 15) is 9.59 Å². The van der Waals surface area contributed by atoms with Crippen LogP contribution < -0.4 is 15.4 Å². The van der Waals surface area contributed by atoms with Crippen LogP contribution in [0, 0.1) is 0 Å². The molecule has 3 aromatic rings. The predicted molar refractivity (Wildman–Crippen MR) is 124 cm³/mol. The molecule has 3 atom stereocenters. The SMILES string of the molecule is O=C1N[C@H]2[C@H](CS[C@H]2CCCCC(=O)Oc2ccc(-n3cc(-c4ccccn4)nn3)cc2)N1. The minimum atomic E-state index is -0.242. The Bertz CT molecular complexity index is 1120. The Morgan fingerprint density at radius 2 is 2.00 bits per heavy atom. The van der Waals surface area contributed by atoms with Crippen LogP contribution in [-0.2, 0) is 4.79 Å². The van der Waals surface area contributed by atoms with Crippen LogP contribution in [0.2, 0.25) is 0 Å². The number of aromatic nitrogens is 4. The summed E-state index contributed by atoms with van der Waals surface area (Å²) in [6, 6.07) is 13.2. The normalized spacial score (nSPS) is 21.3. The molecule has 2 aliphatic rings. The Morgan fingerprint density at radius 3 is 2.82 bits per heavy atom. The monoisotopic (exact) mass is 464 g/mol. The van der Waals surface area contributed by atoms with Gasteiger partial charge < -0.3 is 15.4 Å². The lowest BCUT2D eigenvalue weighted by atomic mass is 10.0. The van der Waals surface area contributed by atoms with E-state index in [4.69, 9.17) is 4.74 Å². The molecule has 0 bridgehead atoms. The number of nitrogens with zero attached hydrogens (tertiary/aromatic N) is 4. The number of benzene rings is 1. The molecule has 2 saturated heterocycles. The summed E-state index contributed by atoms with van der Waals surface area (Å²) in [5, 5.41) is 14.7. The zero-order valence-electron chi connectivity index (χ0n) is 17.9. The molecule has 0 aliphatic carbocycles. The second-order valence-electron chi connectivity index (χ2n) is 8.10. The summed E-state index contributed by atoms with van der Waals surface area (Å²) >= 11 is 1.89. The van der Waals surface area contributed by atoms with Crippen molar-refractivity contribution in [2.45, 2.75) is 43.0 Å². The third-order valence-corrected chi connectivity index (χ3v) is 7.32. The van der Waals surface area contributed by atoms with Crippen molar-refractivity contribution in [1.82, 2.24) is 30.6 Å². The number of ether oxygens (including phenoxy) is 1. The summed E-state index contributed by atoms with van der Waals surface area (Å²) in [6.45, 7) is 0. The van der Waals surface area contributed by atoms with Crippen LogP contribution in [0.4, 0.5) is 4.79 Å². The van der Waals surface area contributed by atoms with Gasteiger partial charge in [0.25, 0.3) is 0 Å². The van der Waals surface area contributed by atoms with E-state index in [1.165, 1.54) is 0 Å². The third kappa shape index (κ3) is 5.00. The lowest BCUT2D eigenvalue weighted by Crippen LogP contribution is -2.36. The van der Waals surface area contributed by atoms with Gasteiger partial charge in [-0.05, 0) is 49.2 Å². The van der Waals surface area contributed by atoms with Crippen molar-refractivity contribution in [1.29, 1.82) is 0 Å². The molecule has 2 N–H and O–H groups in total. The summed E-state index contributed by atoms with van der Waals surface area (Å²) in [4.78, 5) is 28.0. The van der Waals surface area contributed by atoms with E-state index in [0.717, 1.165) is 36.4 Å². The van der Waals surface area contributed by atoms with Crippen LogP contribution in [0.1, 0.15) is 25.7 Å². The quantitative estimate of drug-likeness (QED) is 0.228. The van der Waals surface area contributed by atoms with E-state index in [1.54, 1.807) is 29.2 Å². The molecule has 2 fully saturated rings. The number of fused-ring (bicyclic) bond motifs is 1. The predicted octanol–water partition coefficient (Wildman–Crippen LogP) is 2.96. The lowest BCUT2D eigenvalue weighted by Gasteiger charge is -2.16. The average Bonchev–Trinajstić information content (AvgIpc) is 3.55. The number of unbranched alkanes of at least 4 members (excludes halogenated alkanes) is 1. The molecule has 1 aromatic carbocycles. The molecule has 9 nitrogen and oxygen atoms in total. The Kier molecular flexibility index (Phi) is 6.25. The molecule has 10 heteroatoms. The molecule has 4 heterocycles. The first kappa shape index (κ1) is 21.4. The first-order chi connectivity index (χ1) is 16.2. The number of esters is 1. The van der Waals surface area contributed by atoms with Gasteiger partial charge in [0.2, 0.25) is 0 Å². The number of thioether (sulfide) groups is 1. The second-order valence-corrected chi connectivity index (χ2v) is 9.37. The fourth-order valence-corrected chi connectivity index (χ4v) is 5.67. The lowest BCUT2D eigenvalue weighted by molar-refractivity contribution is -0.134. The number of hydrogen-bond donors (Lipinski definition) is 2. The summed E-state index contributed by atoms with van der Waals surface area (Å²) in [5.74, 6) is 1.21. The molecular formula is C23H24N6O3S. The van der Waals surface area contributed by atoms with Crippen LogP contribution >= 0.6 is 11.8 Å². The summed E-state index contributed by atoms with van der Waals surface area (Å²) < 4.78 is 7.13. The van der Waals surface area contributed by atoms with Gasteiger partial charge in [-0.15, -0.1) is 5.10 Å². The van der Waals surface area contributed by atoms with Crippen molar-refractivity contribution in [2.75, 3.05) is 5.75 Å². The fourth-order valence-electron chi connectivity index (χ4n) is 4.13. The smallest absolute Gasteiger partial charge is 0.315 e. The summed E-state index contributed by atoms with van der Waals surface area (Å²) in [6.07, 6.45) is 6.56. The highest BCUT2D eigenvalue weighted by Gasteiger charge is 2.42. The molecule has 0 unspecified atom stereocenters. The topological polar surface area (TPSA) is 111 Å². The largest absolute Gasteiger partial charge is 0.427 e. The molecule has 33 heavy (non-hydrogen) atoms. The maximum Gasteiger partial charge on any atom is 0.315 e. The second kappa shape index (κ2) is 9.62. The van der Waals surface area contributed by atoms with Gasteiger partial charge in [0.05, 0.1) is 29.7 Å². The minimum absolute atomic E-state index is 0.0673. The van der Waals surface area contributed by atoms with Crippen molar-refractivity contribution in [2.24, 2.45) is 0 Å². The highest BCUT2D eigenvalue weighted by atomic mass is 32.2. The summed E-state index contributed by atoms with van der Waals surface area (Å²) in [7, 11) is 0. The highest BCUT2D eigenvalue weighted by molar-refractivity contribution is 8.00. The Morgan fingerprint density at radius 1 is 1.12 bits per heavy atom. The molecule has 0 saturated carbocycles. The number of nitrogens with one attached hydrogen (secondary N) is 2. The van der Waals surface area contributed by atoms with E-state index in [1.807, 2.05) is 42.1 Å². The Balaban J connectivity index is 1.07. The number of carbonyl (C=O) groups is 2. The maximum atomic E-state index is 12.2. The molecule has 2 aromatic heterocycles. The van der Waals surface area contributed by atoms with Crippen molar-refractivity contribution >= 4 is 23.8 Å². The number of hydrogen-bond acceptors (Lipinski definition) is 7. The standard InChI is InChI=1S/C23H24N6O3S/c30-21(7-2-1-6-20-22-19(14-33-20)25-23(31)26-22)32-16-10-8-15(9-11-16)29-13-18(27-28-29)17-5-3-4-12-24-17/h3-5,8-13,19-20,22H,1-2,6-7,14H2,(H2,25,26,31)/t19-,20-,22-/m0/s1. The van der Waals surface area contributed by atoms with Crippen molar-refractivity contribution in [3.05, 3.63) is 54.9 Å². The van der Waals surface area contributed by atoms with Gasteiger partial charge in [0.15, 0.2) is 0 Å². The van der Waals surface area contributed by atoms with Gasteiger partial charge >= 0.3 is 12.0 Å². The maximum absolute atomic E-state index is 12.2. The fraction of sp³-hybridized carbons (Fsp3) is 0.348. The zero-order valence-corrected chi connectivity index (χ0v) is 18.7. The average molecular weight is 465 g/mol. The number of urea groups is 1.